The van der Waals surface area contributed by atoms with Crippen molar-refractivity contribution >= 4 is 41.6 Å². The van der Waals surface area contributed by atoms with Crippen molar-refractivity contribution in [3.05, 3.63) is 28.0 Å². The summed E-state index contributed by atoms with van der Waals surface area (Å²) >= 11 is 2.62. The predicted octanol–water partition coefficient (Wildman–Crippen LogP) is 2.81. The predicted molar refractivity (Wildman–Crippen MR) is 65.5 cm³/mol. The number of halogens is 6. The first kappa shape index (κ1) is 17.2. The molecule has 1 amide bonds. The molecule has 0 radical (unpaired) electrons. The molecule has 0 aliphatic carbocycles. The molecule has 0 aliphatic heterocycles. The molecule has 0 aliphatic rings. The summed E-state index contributed by atoms with van der Waals surface area (Å²) in [7, 11) is 0.654. The van der Waals surface area contributed by atoms with Gasteiger partial charge in [0.1, 0.15) is 17.3 Å². The molecular weight excluding hydrogens is 394 g/mol. The Morgan fingerprint density at radius 2 is 1.90 bits per heavy atom. The molecule has 0 heterocycles. The van der Waals surface area contributed by atoms with Gasteiger partial charge in [-0.3, -0.25) is 4.79 Å². The van der Waals surface area contributed by atoms with Crippen LogP contribution in [0.15, 0.2) is 21.5 Å². The normalized spacial score (nSPS) is 12.3. The van der Waals surface area contributed by atoms with E-state index in [0.717, 1.165) is 0 Å². The summed E-state index contributed by atoms with van der Waals surface area (Å²) < 4.78 is 71.0. The van der Waals surface area contributed by atoms with Crippen LogP contribution in [0.1, 0.15) is 10.4 Å². The first-order chi connectivity index (χ1) is 8.92. The quantitative estimate of drug-likeness (QED) is 0.629. The van der Waals surface area contributed by atoms with Crippen LogP contribution >= 0.6 is 26.6 Å². The van der Waals surface area contributed by atoms with Crippen LogP contribution in [0.4, 0.5) is 17.6 Å². The van der Waals surface area contributed by atoms with Crippen LogP contribution in [0.5, 0.6) is 0 Å². The van der Waals surface area contributed by atoms with Gasteiger partial charge >= 0.3 is 6.18 Å². The Balaban J connectivity index is 3.15. The molecule has 0 spiro atoms. The SMILES string of the molecule is O=C(NCC(F)(F)F)c1cc(F)c(Br)c(S(=O)(=O)Cl)c1. The molecule has 1 aromatic carbocycles. The van der Waals surface area contributed by atoms with Gasteiger partial charge in [-0.2, -0.15) is 13.2 Å². The highest BCUT2D eigenvalue weighted by atomic mass is 79.9. The molecule has 0 atom stereocenters. The zero-order valence-corrected chi connectivity index (χ0v) is 12.4. The highest BCUT2D eigenvalue weighted by Crippen LogP contribution is 2.29. The van der Waals surface area contributed by atoms with Crippen LogP contribution < -0.4 is 5.32 Å². The van der Waals surface area contributed by atoms with Gasteiger partial charge in [-0.15, -0.1) is 0 Å². The van der Waals surface area contributed by atoms with Crippen LogP contribution in [-0.4, -0.2) is 27.0 Å². The van der Waals surface area contributed by atoms with E-state index in [-0.39, 0.29) is 0 Å². The lowest BCUT2D eigenvalue weighted by Crippen LogP contribution is -2.33. The molecule has 0 aromatic heterocycles. The Hall–Kier alpha value is -0.870. The second-order valence-corrected chi connectivity index (χ2v) is 6.83. The molecule has 11 heteroatoms. The minimum absolute atomic E-state index is 0.514. The van der Waals surface area contributed by atoms with Crippen molar-refractivity contribution < 1.29 is 30.8 Å². The van der Waals surface area contributed by atoms with Gasteiger partial charge in [0.05, 0.1) is 4.47 Å². The molecule has 0 unspecified atom stereocenters. The van der Waals surface area contributed by atoms with E-state index in [1.165, 1.54) is 5.32 Å². The number of carbonyl (C=O) groups excluding carboxylic acids is 1. The molecule has 0 bridgehead atoms. The van der Waals surface area contributed by atoms with Gasteiger partial charge in [0, 0.05) is 16.2 Å². The van der Waals surface area contributed by atoms with Crippen molar-refractivity contribution in [2.45, 2.75) is 11.1 Å². The third kappa shape index (κ3) is 4.60. The lowest BCUT2D eigenvalue weighted by atomic mass is 10.2. The Labute approximate surface area is 123 Å². The van der Waals surface area contributed by atoms with Gasteiger partial charge in [-0.05, 0) is 28.1 Å². The van der Waals surface area contributed by atoms with E-state index in [4.69, 9.17) is 10.7 Å². The van der Waals surface area contributed by atoms with Crippen LogP contribution in [-0.2, 0) is 9.05 Å². The average Bonchev–Trinajstić information content (AvgIpc) is 2.26. The molecule has 1 aromatic rings. The van der Waals surface area contributed by atoms with E-state index in [2.05, 4.69) is 15.9 Å². The minimum Gasteiger partial charge on any atom is -0.343 e. The van der Waals surface area contributed by atoms with Gasteiger partial charge in [0.15, 0.2) is 0 Å². The van der Waals surface area contributed by atoms with E-state index < -0.39 is 48.4 Å². The molecule has 0 saturated heterocycles. The van der Waals surface area contributed by atoms with Crippen molar-refractivity contribution in [1.29, 1.82) is 0 Å². The van der Waals surface area contributed by atoms with Crippen LogP contribution in [0.3, 0.4) is 0 Å². The fourth-order valence-electron chi connectivity index (χ4n) is 1.15. The number of rotatable bonds is 3. The van der Waals surface area contributed by atoms with Crippen molar-refractivity contribution in [3.8, 4) is 0 Å². The summed E-state index contributed by atoms with van der Waals surface area (Å²) in [5.41, 5.74) is -0.603. The standard InChI is InChI=1S/C9H5BrClF4NO3S/c10-7-5(12)1-4(2-6(7)20(11,18)19)8(17)16-3-9(13,14)15/h1-2H,3H2,(H,16,17). The highest BCUT2D eigenvalue weighted by molar-refractivity contribution is 9.10. The van der Waals surface area contributed by atoms with E-state index in [1.807, 2.05) is 0 Å². The van der Waals surface area contributed by atoms with Crippen LogP contribution in [0, 0.1) is 5.82 Å². The summed E-state index contributed by atoms with van der Waals surface area (Å²) in [5, 5.41) is 1.48. The Kier molecular flexibility index (Phi) is 5.03. The maximum Gasteiger partial charge on any atom is 0.405 e. The van der Waals surface area contributed by atoms with E-state index >= 15 is 0 Å². The van der Waals surface area contributed by atoms with Gasteiger partial charge in [0.25, 0.3) is 15.0 Å². The number of alkyl halides is 3. The zero-order valence-electron chi connectivity index (χ0n) is 9.26. The summed E-state index contributed by atoms with van der Waals surface area (Å²) in [5.74, 6) is -2.43. The maximum absolute atomic E-state index is 13.4. The third-order valence-corrected chi connectivity index (χ3v) is 4.38. The number of amides is 1. The monoisotopic (exact) mass is 397 g/mol. The molecule has 4 nitrogen and oxygen atoms in total. The minimum atomic E-state index is -4.65. The summed E-state index contributed by atoms with van der Waals surface area (Å²) in [6, 6.07) is 1.25. The number of hydrogen-bond acceptors (Lipinski definition) is 3. The van der Waals surface area contributed by atoms with E-state index in [0.29, 0.717) is 12.1 Å². The molecule has 1 rings (SSSR count). The number of carbonyl (C=O) groups is 1. The Morgan fingerprint density at radius 3 is 2.35 bits per heavy atom. The third-order valence-electron chi connectivity index (χ3n) is 1.97. The summed E-state index contributed by atoms with van der Waals surface area (Å²) in [6.07, 6.45) is -4.65. The second-order valence-electron chi connectivity index (χ2n) is 3.51. The number of benzene rings is 1. The van der Waals surface area contributed by atoms with Gasteiger partial charge in [-0.1, -0.05) is 0 Å². The van der Waals surface area contributed by atoms with E-state index in [9.17, 15) is 30.8 Å². The first-order valence-corrected chi connectivity index (χ1v) is 7.80. The van der Waals surface area contributed by atoms with Crippen molar-refractivity contribution in [3.63, 3.8) is 0 Å². The van der Waals surface area contributed by atoms with Gasteiger partial charge in [0.2, 0.25) is 0 Å². The highest BCUT2D eigenvalue weighted by Gasteiger charge is 2.28. The molecule has 112 valence electrons. The van der Waals surface area contributed by atoms with Crippen LogP contribution in [0.2, 0.25) is 0 Å². The zero-order chi connectivity index (χ0) is 15.7. The Morgan fingerprint density at radius 1 is 1.35 bits per heavy atom. The van der Waals surface area contributed by atoms with Crippen molar-refractivity contribution in [1.82, 2.24) is 5.32 Å². The summed E-state index contributed by atoms with van der Waals surface area (Å²) in [4.78, 5) is 10.6. The maximum atomic E-state index is 13.4. The largest absolute Gasteiger partial charge is 0.405 e. The topological polar surface area (TPSA) is 63.2 Å². The average molecular weight is 399 g/mol. The fraction of sp³-hybridized carbons (Fsp3) is 0.222. The Bertz CT molecular complexity index is 647. The molecule has 20 heavy (non-hydrogen) atoms. The number of hydrogen-bond donors (Lipinski definition) is 1. The number of nitrogens with one attached hydrogen (secondary N) is 1. The molecule has 0 saturated carbocycles. The smallest absolute Gasteiger partial charge is 0.343 e. The van der Waals surface area contributed by atoms with Crippen molar-refractivity contribution in [2.75, 3.05) is 6.54 Å². The van der Waals surface area contributed by atoms with Crippen molar-refractivity contribution in [2.24, 2.45) is 0 Å². The second kappa shape index (κ2) is 5.86. The van der Waals surface area contributed by atoms with Gasteiger partial charge in [-0.25, -0.2) is 12.8 Å². The fourth-order valence-corrected chi connectivity index (χ4v) is 3.25. The van der Waals surface area contributed by atoms with Crippen LogP contribution in [0.25, 0.3) is 0 Å². The van der Waals surface area contributed by atoms with E-state index in [1.54, 1.807) is 0 Å². The lowest BCUT2D eigenvalue weighted by Gasteiger charge is -2.10. The molecular formula is C9H5BrClF4NO3S. The summed E-state index contributed by atoms with van der Waals surface area (Å²) in [6.45, 7) is -1.63. The molecule has 1 N–H and O–H groups in total. The molecule has 0 fully saturated rings. The van der Waals surface area contributed by atoms with Gasteiger partial charge < -0.3 is 5.32 Å². The lowest BCUT2D eigenvalue weighted by molar-refractivity contribution is -0.123. The first-order valence-electron chi connectivity index (χ1n) is 4.70.